The smallest absolute Gasteiger partial charge is 0.265 e. The van der Waals surface area contributed by atoms with Crippen LogP contribution in [-0.4, -0.2) is 20.4 Å². The second-order valence-corrected chi connectivity index (χ2v) is 7.03. The van der Waals surface area contributed by atoms with Crippen LogP contribution < -0.4 is 5.56 Å². The predicted octanol–water partition coefficient (Wildman–Crippen LogP) is 4.13. The molecule has 0 aliphatic rings. The van der Waals surface area contributed by atoms with Crippen LogP contribution in [0.15, 0.2) is 9.13 Å². The minimum Gasteiger partial charge on any atom is -0.265 e. The first kappa shape index (κ1) is 15.1. The Morgan fingerprint density at radius 3 is 2.84 bits per heavy atom. The molecule has 8 heteroatoms. The molecule has 2 rings (SSSR count). The molecular formula is C11H13Cl2N3OS2. The van der Waals surface area contributed by atoms with E-state index in [1.165, 1.54) is 35.1 Å². The quantitative estimate of drug-likeness (QED) is 0.451. The molecule has 0 atom stereocenters. The highest BCUT2D eigenvalue weighted by molar-refractivity contribution is 8.01. The maximum Gasteiger partial charge on any atom is 0.295 e. The zero-order valence-corrected chi connectivity index (χ0v) is 13.5. The molecule has 0 saturated heterocycles. The topological polar surface area (TPSA) is 47.3 Å². The van der Waals surface area contributed by atoms with Crippen LogP contribution in [0.1, 0.15) is 32.6 Å². The average molecular weight is 338 g/mol. The van der Waals surface area contributed by atoms with Crippen molar-refractivity contribution in [2.24, 2.45) is 0 Å². The van der Waals surface area contributed by atoms with Gasteiger partial charge in [-0.05, 0) is 6.42 Å². The van der Waals surface area contributed by atoms with Gasteiger partial charge >= 0.3 is 0 Å². The highest BCUT2D eigenvalue weighted by Crippen LogP contribution is 2.26. The number of hydrogen-bond donors (Lipinski definition) is 0. The van der Waals surface area contributed by atoms with E-state index in [1.807, 2.05) is 0 Å². The standard InChI is InChI=1S/C11H13Cl2N3OS2/c1-2-3-4-5-6-18-11-15-16-9(17)7(12)8(13)14-10(16)19-11/h2-6H2,1H3. The summed E-state index contributed by atoms with van der Waals surface area (Å²) < 4.78 is 2.03. The highest BCUT2D eigenvalue weighted by Gasteiger charge is 2.13. The average Bonchev–Trinajstić information content (AvgIpc) is 2.79. The van der Waals surface area contributed by atoms with E-state index in [1.54, 1.807) is 11.8 Å². The van der Waals surface area contributed by atoms with Gasteiger partial charge in [0.25, 0.3) is 5.56 Å². The van der Waals surface area contributed by atoms with Gasteiger partial charge in [-0.1, -0.05) is 72.5 Å². The number of fused-ring (bicyclic) bond motifs is 1. The summed E-state index contributed by atoms with van der Waals surface area (Å²) in [6.07, 6.45) is 4.86. The van der Waals surface area contributed by atoms with E-state index < -0.39 is 5.56 Å². The van der Waals surface area contributed by atoms with Crippen molar-refractivity contribution >= 4 is 51.3 Å². The maximum absolute atomic E-state index is 11.8. The number of aromatic nitrogens is 3. The summed E-state index contributed by atoms with van der Waals surface area (Å²) >= 11 is 14.5. The molecule has 0 aliphatic heterocycles. The molecule has 0 amide bonds. The second kappa shape index (κ2) is 6.92. The van der Waals surface area contributed by atoms with Gasteiger partial charge in [-0.3, -0.25) is 4.79 Å². The SMILES string of the molecule is CCCCCCSc1nn2c(=O)c(Cl)c(Cl)nc2s1. The van der Waals surface area contributed by atoms with Crippen LogP contribution in [0.25, 0.3) is 4.96 Å². The molecule has 2 aromatic rings. The Labute approximate surface area is 129 Å². The van der Waals surface area contributed by atoms with Crippen molar-refractivity contribution in [2.45, 2.75) is 36.9 Å². The van der Waals surface area contributed by atoms with E-state index >= 15 is 0 Å². The van der Waals surface area contributed by atoms with Gasteiger partial charge in [0.2, 0.25) is 4.96 Å². The van der Waals surface area contributed by atoms with Crippen molar-refractivity contribution in [1.82, 2.24) is 14.6 Å². The lowest BCUT2D eigenvalue weighted by atomic mass is 10.2. The molecule has 4 nitrogen and oxygen atoms in total. The second-order valence-electron chi connectivity index (χ2n) is 3.99. The van der Waals surface area contributed by atoms with E-state index in [4.69, 9.17) is 23.2 Å². The number of rotatable bonds is 6. The minimum atomic E-state index is -0.411. The first-order valence-corrected chi connectivity index (χ1v) is 8.57. The van der Waals surface area contributed by atoms with Crippen molar-refractivity contribution in [3.8, 4) is 0 Å². The van der Waals surface area contributed by atoms with Crippen molar-refractivity contribution in [3.05, 3.63) is 20.5 Å². The zero-order valence-electron chi connectivity index (χ0n) is 10.4. The molecule has 0 saturated carbocycles. The van der Waals surface area contributed by atoms with Crippen molar-refractivity contribution in [2.75, 3.05) is 5.75 Å². The van der Waals surface area contributed by atoms with Crippen LogP contribution in [0.2, 0.25) is 10.2 Å². The van der Waals surface area contributed by atoms with Crippen molar-refractivity contribution in [1.29, 1.82) is 0 Å². The predicted molar refractivity (Wildman–Crippen MR) is 82.0 cm³/mol. The molecule has 0 unspecified atom stereocenters. The number of nitrogens with zero attached hydrogens (tertiary/aromatic N) is 3. The number of unbranched alkanes of at least 4 members (excludes halogenated alkanes) is 3. The van der Waals surface area contributed by atoms with Crippen LogP contribution in [0.4, 0.5) is 0 Å². The molecule has 0 spiro atoms. The molecule has 2 aromatic heterocycles. The monoisotopic (exact) mass is 337 g/mol. The summed E-state index contributed by atoms with van der Waals surface area (Å²) in [5, 5.41) is 4.17. The normalized spacial score (nSPS) is 11.3. The Morgan fingerprint density at radius 2 is 2.11 bits per heavy atom. The fourth-order valence-electron chi connectivity index (χ4n) is 1.53. The van der Waals surface area contributed by atoms with Crippen LogP contribution >= 0.6 is 46.3 Å². The van der Waals surface area contributed by atoms with Gasteiger partial charge in [-0.25, -0.2) is 4.98 Å². The number of halogens is 2. The van der Waals surface area contributed by atoms with Crippen LogP contribution in [-0.2, 0) is 0 Å². The van der Waals surface area contributed by atoms with Crippen molar-refractivity contribution in [3.63, 3.8) is 0 Å². The van der Waals surface area contributed by atoms with Gasteiger partial charge in [-0.2, -0.15) is 4.52 Å². The zero-order chi connectivity index (χ0) is 13.8. The molecule has 2 heterocycles. The molecule has 0 bridgehead atoms. The van der Waals surface area contributed by atoms with Crippen LogP contribution in [0, 0.1) is 0 Å². The first-order valence-electron chi connectivity index (χ1n) is 6.01. The van der Waals surface area contributed by atoms with Crippen molar-refractivity contribution < 1.29 is 0 Å². The lowest BCUT2D eigenvalue weighted by molar-refractivity contribution is 0.706. The summed E-state index contributed by atoms with van der Waals surface area (Å²) in [5.74, 6) is 0.996. The summed E-state index contributed by atoms with van der Waals surface area (Å²) in [5.41, 5.74) is -0.411. The summed E-state index contributed by atoms with van der Waals surface area (Å²) in [7, 11) is 0. The van der Waals surface area contributed by atoms with Gasteiger partial charge in [0.05, 0.1) is 0 Å². The van der Waals surface area contributed by atoms with E-state index in [0.717, 1.165) is 16.5 Å². The lowest BCUT2D eigenvalue weighted by Gasteiger charge is -1.96. The van der Waals surface area contributed by atoms with E-state index in [-0.39, 0.29) is 10.2 Å². The molecule has 0 N–H and O–H groups in total. The first-order chi connectivity index (χ1) is 9.13. The summed E-state index contributed by atoms with van der Waals surface area (Å²) in [6, 6.07) is 0. The summed E-state index contributed by atoms with van der Waals surface area (Å²) in [4.78, 5) is 16.4. The molecule has 104 valence electrons. The Bertz CT molecular complexity index is 626. The molecule has 0 aromatic carbocycles. The van der Waals surface area contributed by atoms with Gasteiger partial charge in [0.15, 0.2) is 9.49 Å². The Kier molecular flexibility index (Phi) is 5.50. The van der Waals surface area contributed by atoms with E-state index in [9.17, 15) is 4.79 Å². The summed E-state index contributed by atoms with van der Waals surface area (Å²) in [6.45, 7) is 2.19. The van der Waals surface area contributed by atoms with Crippen LogP contribution in [0.5, 0.6) is 0 Å². The van der Waals surface area contributed by atoms with E-state index in [2.05, 4.69) is 17.0 Å². The van der Waals surface area contributed by atoms with E-state index in [0.29, 0.717) is 4.96 Å². The molecular weight excluding hydrogens is 325 g/mol. The Hall–Kier alpha value is -0.300. The van der Waals surface area contributed by atoms with Gasteiger partial charge in [-0.15, -0.1) is 5.10 Å². The Balaban J connectivity index is 2.10. The highest BCUT2D eigenvalue weighted by atomic mass is 35.5. The van der Waals surface area contributed by atoms with Gasteiger partial charge in [0.1, 0.15) is 5.02 Å². The van der Waals surface area contributed by atoms with Crippen LogP contribution in [0.3, 0.4) is 0 Å². The third-order valence-corrected chi connectivity index (χ3v) is 5.36. The fraction of sp³-hybridized carbons (Fsp3) is 0.545. The van der Waals surface area contributed by atoms with Gasteiger partial charge in [0, 0.05) is 5.75 Å². The third-order valence-electron chi connectivity index (χ3n) is 2.52. The third kappa shape index (κ3) is 3.62. The molecule has 19 heavy (non-hydrogen) atoms. The fourth-order valence-corrected chi connectivity index (χ4v) is 3.86. The molecule has 0 aliphatic carbocycles. The molecule has 0 fully saturated rings. The minimum absolute atomic E-state index is 0.0369. The molecule has 0 radical (unpaired) electrons. The largest absolute Gasteiger partial charge is 0.295 e. The van der Waals surface area contributed by atoms with Gasteiger partial charge < -0.3 is 0 Å². The maximum atomic E-state index is 11.8. The number of hydrogen-bond acceptors (Lipinski definition) is 5. The lowest BCUT2D eigenvalue weighted by Crippen LogP contribution is -2.15. The Morgan fingerprint density at radius 1 is 1.32 bits per heavy atom. The number of thioether (sulfide) groups is 1.